The van der Waals surface area contributed by atoms with Gasteiger partial charge in [-0.2, -0.15) is 17.7 Å². The summed E-state index contributed by atoms with van der Waals surface area (Å²) in [5, 5.41) is 4.18. The summed E-state index contributed by atoms with van der Waals surface area (Å²) >= 11 is 4.28. The van der Waals surface area contributed by atoms with E-state index in [2.05, 4.69) is 17.7 Å². The molecule has 1 amide bonds. The van der Waals surface area contributed by atoms with Crippen LogP contribution >= 0.6 is 12.6 Å². The first-order chi connectivity index (χ1) is 6.16. The molecule has 70 valence electrons. The molecule has 1 fully saturated rings. The van der Waals surface area contributed by atoms with Crippen LogP contribution < -0.4 is 4.90 Å². The van der Waals surface area contributed by atoms with Crippen LogP contribution in [0.4, 0.5) is 5.69 Å². The van der Waals surface area contributed by atoms with Crippen LogP contribution in [0.5, 0.6) is 0 Å². The summed E-state index contributed by atoms with van der Waals surface area (Å²) in [4.78, 5) is 13.2. The molecule has 1 saturated heterocycles. The first-order valence-corrected chi connectivity index (χ1v) is 4.65. The normalized spacial score (nSPS) is 22.8. The minimum atomic E-state index is 0.132. The van der Waals surface area contributed by atoms with Gasteiger partial charge in [-0.05, 0) is 0 Å². The summed E-state index contributed by atoms with van der Waals surface area (Å²) < 4.78 is 1.69. The van der Waals surface area contributed by atoms with Crippen LogP contribution in [0.1, 0.15) is 6.42 Å². The molecule has 0 N–H and O–H groups in total. The molecule has 0 aromatic carbocycles. The van der Waals surface area contributed by atoms with Gasteiger partial charge in [0.1, 0.15) is 0 Å². The van der Waals surface area contributed by atoms with Gasteiger partial charge in [0.05, 0.1) is 11.9 Å². The third kappa shape index (κ3) is 1.56. The molecule has 0 radical (unpaired) electrons. The van der Waals surface area contributed by atoms with Crippen LogP contribution in [0.25, 0.3) is 0 Å². The first-order valence-electron chi connectivity index (χ1n) is 4.14. The van der Waals surface area contributed by atoms with E-state index in [4.69, 9.17) is 0 Å². The number of hydrogen-bond acceptors (Lipinski definition) is 3. The minimum absolute atomic E-state index is 0.132. The Morgan fingerprint density at radius 3 is 2.92 bits per heavy atom. The van der Waals surface area contributed by atoms with Crippen molar-refractivity contribution < 1.29 is 4.79 Å². The van der Waals surface area contributed by atoms with Crippen LogP contribution in [0.3, 0.4) is 0 Å². The standard InChI is InChI=1S/C8H11N3OS/c1-10-4-6(3-9-10)11-5-7(13)2-8(11)12/h3-4,7,13H,2,5H2,1H3. The zero-order valence-electron chi connectivity index (χ0n) is 7.34. The van der Waals surface area contributed by atoms with E-state index >= 15 is 0 Å². The Bertz CT molecular complexity index is 336. The molecule has 1 unspecified atom stereocenters. The summed E-state index contributed by atoms with van der Waals surface area (Å²) in [5.74, 6) is 0.132. The molecule has 1 atom stereocenters. The topological polar surface area (TPSA) is 38.1 Å². The lowest BCUT2D eigenvalue weighted by atomic mass is 10.4. The molecule has 4 nitrogen and oxygen atoms in total. The van der Waals surface area contributed by atoms with Crippen molar-refractivity contribution in [1.82, 2.24) is 9.78 Å². The van der Waals surface area contributed by atoms with Crippen LogP contribution in [-0.4, -0.2) is 27.5 Å². The van der Waals surface area contributed by atoms with Gasteiger partial charge in [-0.1, -0.05) is 0 Å². The number of carbonyl (C=O) groups excluding carboxylic acids is 1. The van der Waals surface area contributed by atoms with E-state index in [1.54, 1.807) is 15.8 Å². The van der Waals surface area contributed by atoms with Gasteiger partial charge < -0.3 is 4.90 Å². The number of aromatic nitrogens is 2. The Kier molecular flexibility index (Phi) is 2.03. The molecule has 1 aromatic rings. The number of carbonyl (C=O) groups is 1. The molecule has 2 heterocycles. The van der Waals surface area contributed by atoms with E-state index in [1.165, 1.54) is 0 Å². The highest BCUT2D eigenvalue weighted by Crippen LogP contribution is 2.22. The second-order valence-electron chi connectivity index (χ2n) is 3.23. The van der Waals surface area contributed by atoms with Crippen molar-refractivity contribution in [3.8, 4) is 0 Å². The van der Waals surface area contributed by atoms with Gasteiger partial charge >= 0.3 is 0 Å². The van der Waals surface area contributed by atoms with Crippen LogP contribution in [0.2, 0.25) is 0 Å². The molecule has 0 aliphatic carbocycles. The molecule has 0 saturated carbocycles. The number of aryl methyl sites for hydroxylation is 1. The van der Waals surface area contributed by atoms with Crippen molar-refractivity contribution in [1.29, 1.82) is 0 Å². The van der Waals surface area contributed by atoms with E-state index in [1.807, 2.05) is 13.2 Å². The Morgan fingerprint density at radius 1 is 1.69 bits per heavy atom. The summed E-state index contributed by atoms with van der Waals surface area (Å²) in [6.07, 6.45) is 4.06. The van der Waals surface area contributed by atoms with E-state index < -0.39 is 0 Å². The minimum Gasteiger partial charge on any atom is -0.308 e. The van der Waals surface area contributed by atoms with Crippen molar-refractivity contribution in [3.63, 3.8) is 0 Å². The highest BCUT2D eigenvalue weighted by Gasteiger charge is 2.28. The van der Waals surface area contributed by atoms with Gasteiger partial charge in [0, 0.05) is 31.5 Å². The quantitative estimate of drug-likeness (QED) is 0.664. The number of nitrogens with zero attached hydrogens (tertiary/aromatic N) is 3. The second-order valence-corrected chi connectivity index (χ2v) is 3.96. The third-order valence-corrected chi connectivity index (χ3v) is 2.45. The summed E-state index contributed by atoms with van der Waals surface area (Å²) in [6, 6.07) is 0. The fraction of sp³-hybridized carbons (Fsp3) is 0.500. The molecule has 0 bridgehead atoms. The zero-order valence-corrected chi connectivity index (χ0v) is 8.24. The third-order valence-electron chi connectivity index (χ3n) is 2.11. The van der Waals surface area contributed by atoms with E-state index in [-0.39, 0.29) is 11.2 Å². The molecule has 1 aromatic heterocycles. The average molecular weight is 197 g/mol. The number of hydrogen-bond donors (Lipinski definition) is 1. The highest BCUT2D eigenvalue weighted by molar-refractivity contribution is 7.81. The summed E-state index contributed by atoms with van der Waals surface area (Å²) in [7, 11) is 1.84. The molecule has 5 heteroatoms. The number of thiol groups is 1. The predicted octanol–water partition coefficient (Wildman–Crippen LogP) is 0.455. The van der Waals surface area contributed by atoms with Gasteiger partial charge in [-0.25, -0.2) is 0 Å². The Labute approximate surface area is 81.9 Å². The SMILES string of the molecule is Cn1cc(N2CC(S)CC2=O)cn1. The van der Waals surface area contributed by atoms with Gasteiger partial charge in [0.15, 0.2) is 0 Å². The van der Waals surface area contributed by atoms with Crippen molar-refractivity contribution in [3.05, 3.63) is 12.4 Å². The lowest BCUT2D eigenvalue weighted by molar-refractivity contribution is -0.117. The fourth-order valence-corrected chi connectivity index (χ4v) is 1.81. The number of rotatable bonds is 1. The molecule has 2 rings (SSSR count). The van der Waals surface area contributed by atoms with Crippen molar-refractivity contribution in [2.45, 2.75) is 11.7 Å². The van der Waals surface area contributed by atoms with Crippen molar-refractivity contribution in [2.24, 2.45) is 7.05 Å². The summed E-state index contributed by atoms with van der Waals surface area (Å²) in [6.45, 7) is 0.688. The maximum absolute atomic E-state index is 11.4. The molecular formula is C8H11N3OS. The molecule has 1 aliphatic rings. The second kappa shape index (κ2) is 3.06. The highest BCUT2D eigenvalue weighted by atomic mass is 32.1. The van der Waals surface area contributed by atoms with Gasteiger partial charge in [-0.3, -0.25) is 9.48 Å². The Hall–Kier alpha value is -0.970. The Morgan fingerprint density at radius 2 is 2.46 bits per heavy atom. The van der Waals surface area contributed by atoms with Gasteiger partial charge in [0.2, 0.25) is 5.91 Å². The average Bonchev–Trinajstić information content (AvgIpc) is 2.58. The fourth-order valence-electron chi connectivity index (χ4n) is 1.49. The predicted molar refractivity (Wildman–Crippen MR) is 53.0 cm³/mol. The number of amides is 1. The monoisotopic (exact) mass is 197 g/mol. The first kappa shape index (κ1) is 8.62. The van der Waals surface area contributed by atoms with Crippen LogP contribution in [0.15, 0.2) is 12.4 Å². The largest absolute Gasteiger partial charge is 0.308 e. The molecule has 0 spiro atoms. The molecular weight excluding hydrogens is 186 g/mol. The van der Waals surface area contributed by atoms with Crippen molar-refractivity contribution >= 4 is 24.2 Å². The van der Waals surface area contributed by atoms with E-state index in [9.17, 15) is 4.79 Å². The van der Waals surface area contributed by atoms with Crippen LogP contribution in [0, 0.1) is 0 Å². The van der Waals surface area contributed by atoms with Crippen molar-refractivity contribution in [2.75, 3.05) is 11.4 Å². The Balaban J connectivity index is 2.22. The van der Waals surface area contributed by atoms with E-state index in [0.717, 1.165) is 5.69 Å². The lowest BCUT2D eigenvalue weighted by Gasteiger charge is -2.12. The smallest absolute Gasteiger partial charge is 0.228 e. The van der Waals surface area contributed by atoms with E-state index in [0.29, 0.717) is 13.0 Å². The van der Waals surface area contributed by atoms with Gasteiger partial charge in [-0.15, -0.1) is 0 Å². The van der Waals surface area contributed by atoms with Gasteiger partial charge in [0.25, 0.3) is 0 Å². The van der Waals surface area contributed by atoms with Crippen LogP contribution in [-0.2, 0) is 11.8 Å². The summed E-state index contributed by atoms with van der Waals surface area (Å²) in [5.41, 5.74) is 0.865. The maximum atomic E-state index is 11.4. The maximum Gasteiger partial charge on any atom is 0.228 e. The zero-order chi connectivity index (χ0) is 9.42. The molecule has 1 aliphatic heterocycles. The molecule has 13 heavy (non-hydrogen) atoms. The lowest BCUT2D eigenvalue weighted by Crippen LogP contribution is -2.24. The number of anilines is 1.